The van der Waals surface area contributed by atoms with Crippen molar-refractivity contribution in [2.75, 3.05) is 18.4 Å². The average Bonchev–Trinajstić information content (AvgIpc) is 2.72. The molecule has 1 aliphatic heterocycles. The summed E-state index contributed by atoms with van der Waals surface area (Å²) in [6, 6.07) is 6.27. The largest absolute Gasteiger partial charge is 0.384 e. The van der Waals surface area contributed by atoms with Crippen LogP contribution in [0, 0.1) is 0 Å². The molecule has 1 aliphatic rings. The van der Waals surface area contributed by atoms with E-state index in [2.05, 4.69) is 10.6 Å². The van der Waals surface area contributed by atoms with Gasteiger partial charge in [0.1, 0.15) is 0 Å². The second kappa shape index (κ2) is 4.66. The van der Waals surface area contributed by atoms with E-state index in [-0.39, 0.29) is 5.78 Å². The monoisotopic (exact) mass is 218 g/mol. The lowest BCUT2D eigenvalue weighted by Gasteiger charge is -2.08. The van der Waals surface area contributed by atoms with E-state index in [9.17, 15) is 4.79 Å². The predicted molar refractivity (Wildman–Crippen MR) is 66.1 cm³/mol. The van der Waals surface area contributed by atoms with E-state index < -0.39 is 0 Å². The Bertz CT molecular complexity index is 399. The summed E-state index contributed by atoms with van der Waals surface area (Å²) in [6.45, 7) is 5.49. The Balaban J connectivity index is 2.06. The number of carbonyl (C=O) groups excluding carboxylic acids is 1. The van der Waals surface area contributed by atoms with E-state index >= 15 is 0 Å². The van der Waals surface area contributed by atoms with Crippen LogP contribution >= 0.6 is 0 Å². The van der Waals surface area contributed by atoms with Gasteiger partial charge in [0, 0.05) is 23.8 Å². The van der Waals surface area contributed by atoms with Gasteiger partial charge in [-0.3, -0.25) is 4.79 Å². The van der Waals surface area contributed by atoms with Gasteiger partial charge in [-0.15, -0.1) is 0 Å². The zero-order valence-electron chi connectivity index (χ0n) is 9.84. The average molecular weight is 218 g/mol. The second-order valence-electron chi connectivity index (χ2n) is 4.51. The summed E-state index contributed by atoms with van der Waals surface area (Å²) < 4.78 is 0. The van der Waals surface area contributed by atoms with Crippen LogP contribution in [0.4, 0.5) is 5.69 Å². The second-order valence-corrected chi connectivity index (χ2v) is 4.51. The number of hydrogen-bond acceptors (Lipinski definition) is 3. The van der Waals surface area contributed by atoms with E-state index in [1.807, 2.05) is 32.0 Å². The van der Waals surface area contributed by atoms with E-state index in [1.54, 1.807) is 0 Å². The van der Waals surface area contributed by atoms with E-state index in [0.717, 1.165) is 18.5 Å². The molecule has 1 heterocycles. The lowest BCUT2D eigenvalue weighted by molar-refractivity contribution is 0.0988. The van der Waals surface area contributed by atoms with Gasteiger partial charge < -0.3 is 10.6 Å². The Labute approximate surface area is 96.2 Å². The standard InChI is InChI=1S/C13H18N2O/c1-9(2)15-8-13(16)11-3-4-12-10(7-11)5-6-14-12/h3-4,7,9,14-15H,5-6,8H2,1-2H3. The first-order valence-corrected chi connectivity index (χ1v) is 5.80. The summed E-state index contributed by atoms with van der Waals surface area (Å²) in [5.41, 5.74) is 3.25. The van der Waals surface area contributed by atoms with Crippen molar-refractivity contribution in [3.63, 3.8) is 0 Å². The van der Waals surface area contributed by atoms with Crippen molar-refractivity contribution in [1.29, 1.82) is 0 Å². The molecule has 0 amide bonds. The first kappa shape index (κ1) is 11.1. The molecule has 1 aromatic carbocycles. The zero-order chi connectivity index (χ0) is 11.5. The Morgan fingerprint density at radius 2 is 2.31 bits per heavy atom. The molecule has 0 aromatic heterocycles. The van der Waals surface area contributed by atoms with Gasteiger partial charge in [-0.2, -0.15) is 0 Å². The lowest BCUT2D eigenvalue weighted by Crippen LogP contribution is -2.29. The highest BCUT2D eigenvalue weighted by Crippen LogP contribution is 2.23. The summed E-state index contributed by atoms with van der Waals surface area (Å²) in [6.07, 6.45) is 1.02. The predicted octanol–water partition coefficient (Wildman–Crippen LogP) is 1.84. The van der Waals surface area contributed by atoms with Gasteiger partial charge in [0.05, 0.1) is 6.54 Å². The number of Topliss-reactive ketones (excluding diaryl/α,β-unsaturated/α-hetero) is 1. The molecule has 0 radical (unpaired) electrons. The SMILES string of the molecule is CC(C)NCC(=O)c1ccc2c(c1)CCN2. The number of anilines is 1. The topological polar surface area (TPSA) is 41.1 Å². The van der Waals surface area contributed by atoms with Crippen LogP contribution in [-0.2, 0) is 6.42 Å². The maximum atomic E-state index is 11.9. The number of benzene rings is 1. The molecule has 3 heteroatoms. The molecule has 2 rings (SSSR count). The molecule has 2 N–H and O–H groups in total. The molecular formula is C13H18N2O. The lowest BCUT2D eigenvalue weighted by atomic mass is 10.1. The van der Waals surface area contributed by atoms with Crippen LogP contribution in [-0.4, -0.2) is 24.9 Å². The Kier molecular flexibility index (Phi) is 3.25. The van der Waals surface area contributed by atoms with Crippen molar-refractivity contribution >= 4 is 11.5 Å². The summed E-state index contributed by atoms with van der Waals surface area (Å²) in [4.78, 5) is 11.9. The van der Waals surface area contributed by atoms with Crippen LogP contribution in [0.15, 0.2) is 18.2 Å². The van der Waals surface area contributed by atoms with Gasteiger partial charge in [0.15, 0.2) is 5.78 Å². The van der Waals surface area contributed by atoms with E-state index in [0.29, 0.717) is 12.6 Å². The Hall–Kier alpha value is -1.35. The van der Waals surface area contributed by atoms with E-state index in [1.165, 1.54) is 11.3 Å². The van der Waals surface area contributed by atoms with Crippen LogP contribution < -0.4 is 10.6 Å². The highest BCUT2D eigenvalue weighted by molar-refractivity contribution is 5.98. The molecule has 0 saturated heterocycles. The number of ketones is 1. The number of rotatable bonds is 4. The highest BCUT2D eigenvalue weighted by atomic mass is 16.1. The van der Waals surface area contributed by atoms with E-state index in [4.69, 9.17) is 0 Å². The minimum Gasteiger partial charge on any atom is -0.384 e. The smallest absolute Gasteiger partial charge is 0.176 e. The number of carbonyl (C=O) groups is 1. The fourth-order valence-corrected chi connectivity index (χ4v) is 1.88. The summed E-state index contributed by atoms with van der Waals surface area (Å²) in [7, 11) is 0. The third kappa shape index (κ3) is 2.42. The van der Waals surface area contributed by atoms with Gasteiger partial charge in [0.25, 0.3) is 0 Å². The van der Waals surface area contributed by atoms with Gasteiger partial charge in [-0.1, -0.05) is 13.8 Å². The summed E-state index contributed by atoms with van der Waals surface area (Å²) >= 11 is 0. The number of fused-ring (bicyclic) bond motifs is 1. The fourth-order valence-electron chi connectivity index (χ4n) is 1.88. The molecule has 0 spiro atoms. The fraction of sp³-hybridized carbons (Fsp3) is 0.462. The first-order valence-electron chi connectivity index (χ1n) is 5.80. The molecule has 0 atom stereocenters. The van der Waals surface area contributed by atoms with Crippen molar-refractivity contribution in [3.8, 4) is 0 Å². The molecule has 3 nitrogen and oxygen atoms in total. The van der Waals surface area contributed by atoms with Gasteiger partial charge in [0.2, 0.25) is 0 Å². The van der Waals surface area contributed by atoms with Crippen LogP contribution in [0.25, 0.3) is 0 Å². The molecule has 0 fully saturated rings. The van der Waals surface area contributed by atoms with Crippen LogP contribution in [0.2, 0.25) is 0 Å². The van der Waals surface area contributed by atoms with Crippen molar-refractivity contribution in [3.05, 3.63) is 29.3 Å². The molecule has 16 heavy (non-hydrogen) atoms. The zero-order valence-corrected chi connectivity index (χ0v) is 9.84. The van der Waals surface area contributed by atoms with Crippen molar-refractivity contribution in [2.24, 2.45) is 0 Å². The third-order valence-electron chi connectivity index (χ3n) is 2.81. The summed E-state index contributed by atoms with van der Waals surface area (Å²) in [5.74, 6) is 0.170. The van der Waals surface area contributed by atoms with Crippen molar-refractivity contribution in [1.82, 2.24) is 5.32 Å². The minimum absolute atomic E-state index is 0.170. The molecule has 86 valence electrons. The van der Waals surface area contributed by atoms with Crippen molar-refractivity contribution in [2.45, 2.75) is 26.3 Å². The van der Waals surface area contributed by atoms with Gasteiger partial charge in [-0.05, 0) is 30.2 Å². The number of nitrogens with one attached hydrogen (secondary N) is 2. The molecular weight excluding hydrogens is 200 g/mol. The van der Waals surface area contributed by atoms with Gasteiger partial charge in [-0.25, -0.2) is 0 Å². The molecule has 0 aliphatic carbocycles. The Morgan fingerprint density at radius 1 is 1.50 bits per heavy atom. The molecule has 0 unspecified atom stereocenters. The quantitative estimate of drug-likeness (QED) is 0.758. The Morgan fingerprint density at radius 3 is 3.06 bits per heavy atom. The minimum atomic E-state index is 0.170. The maximum Gasteiger partial charge on any atom is 0.176 e. The first-order chi connectivity index (χ1) is 7.66. The maximum absolute atomic E-state index is 11.9. The van der Waals surface area contributed by atoms with Crippen LogP contribution in [0.5, 0.6) is 0 Å². The van der Waals surface area contributed by atoms with Gasteiger partial charge >= 0.3 is 0 Å². The highest BCUT2D eigenvalue weighted by Gasteiger charge is 2.13. The van der Waals surface area contributed by atoms with Crippen molar-refractivity contribution < 1.29 is 4.79 Å². The normalized spacial score (nSPS) is 13.7. The van der Waals surface area contributed by atoms with Crippen LogP contribution in [0.3, 0.4) is 0 Å². The molecule has 0 saturated carbocycles. The molecule has 0 bridgehead atoms. The molecule has 1 aromatic rings. The third-order valence-corrected chi connectivity index (χ3v) is 2.81. The van der Waals surface area contributed by atoms with Crippen LogP contribution in [0.1, 0.15) is 29.8 Å². The number of hydrogen-bond donors (Lipinski definition) is 2. The summed E-state index contributed by atoms with van der Waals surface area (Å²) in [5, 5.41) is 6.44.